The molecule has 1 amide bonds. The number of nitrogens with zero attached hydrogens (tertiary/aromatic N) is 4. The molecule has 0 bridgehead atoms. The minimum Gasteiger partial charge on any atom is -0.481 e. The van der Waals surface area contributed by atoms with E-state index in [9.17, 15) is 9.59 Å². The second-order valence-corrected chi connectivity index (χ2v) is 10.1. The van der Waals surface area contributed by atoms with E-state index in [4.69, 9.17) is 28.3 Å². The number of fused-ring (bicyclic) bond motifs is 1. The van der Waals surface area contributed by atoms with Crippen LogP contribution in [0.25, 0.3) is 27.6 Å². The summed E-state index contributed by atoms with van der Waals surface area (Å²) in [7, 11) is 0. The van der Waals surface area contributed by atoms with Crippen LogP contribution in [-0.2, 0) is 16.0 Å². The molecule has 4 aromatic carbocycles. The summed E-state index contributed by atoms with van der Waals surface area (Å²) in [6.45, 7) is 0. The van der Waals surface area contributed by atoms with Crippen LogP contribution in [0.4, 0.5) is 5.69 Å². The van der Waals surface area contributed by atoms with Gasteiger partial charge in [-0.05, 0) is 62.2 Å². The molecule has 0 saturated heterocycles. The second kappa shape index (κ2) is 11.2. The summed E-state index contributed by atoms with van der Waals surface area (Å²) in [5, 5.41) is 26.9. The number of thioether (sulfide) groups is 1. The number of carboxylic acid groups (broad SMARTS) is 1. The summed E-state index contributed by atoms with van der Waals surface area (Å²) >= 11 is 14.1. The predicted octanol–water partition coefficient (Wildman–Crippen LogP) is 6.15. The van der Waals surface area contributed by atoms with Crippen molar-refractivity contribution in [2.75, 3.05) is 11.1 Å². The van der Waals surface area contributed by atoms with Crippen LogP contribution < -0.4 is 5.32 Å². The highest BCUT2D eigenvalue weighted by Crippen LogP contribution is 2.31. The largest absolute Gasteiger partial charge is 0.481 e. The first kappa shape index (κ1) is 25.7. The Kier molecular flexibility index (Phi) is 7.59. The van der Waals surface area contributed by atoms with Gasteiger partial charge in [0.05, 0.1) is 33.6 Å². The van der Waals surface area contributed by atoms with E-state index in [-0.39, 0.29) is 18.1 Å². The zero-order valence-electron chi connectivity index (χ0n) is 19.6. The number of carbonyl (C=O) groups excluding carboxylic acids is 1. The van der Waals surface area contributed by atoms with Gasteiger partial charge in [-0.15, -0.1) is 5.10 Å². The molecule has 1 heterocycles. The number of carbonyl (C=O) groups is 2. The van der Waals surface area contributed by atoms with Gasteiger partial charge in [-0.3, -0.25) is 9.59 Å². The molecule has 0 unspecified atom stereocenters. The van der Waals surface area contributed by atoms with Gasteiger partial charge in [-0.2, -0.15) is 4.68 Å². The van der Waals surface area contributed by atoms with Crippen molar-refractivity contribution in [3.63, 3.8) is 0 Å². The fraction of sp³-hybridized carbons (Fsp3) is 0.0741. The third kappa shape index (κ3) is 5.80. The second-order valence-electron chi connectivity index (χ2n) is 8.32. The highest BCUT2D eigenvalue weighted by atomic mass is 35.5. The van der Waals surface area contributed by atoms with Crippen LogP contribution in [-0.4, -0.2) is 42.9 Å². The normalized spacial score (nSPS) is 11.0. The van der Waals surface area contributed by atoms with Gasteiger partial charge in [0, 0.05) is 0 Å². The molecule has 0 aliphatic rings. The van der Waals surface area contributed by atoms with Gasteiger partial charge >= 0.3 is 5.97 Å². The topological polar surface area (TPSA) is 110 Å². The summed E-state index contributed by atoms with van der Waals surface area (Å²) in [4.78, 5) is 23.6. The van der Waals surface area contributed by atoms with Crippen molar-refractivity contribution in [3.05, 3.63) is 94.5 Å². The van der Waals surface area contributed by atoms with E-state index in [1.54, 1.807) is 24.3 Å². The molecule has 5 rings (SSSR count). The average molecular weight is 564 g/mol. The van der Waals surface area contributed by atoms with E-state index in [1.807, 2.05) is 54.6 Å². The van der Waals surface area contributed by atoms with Gasteiger partial charge in [0.15, 0.2) is 0 Å². The Morgan fingerprint density at radius 1 is 0.895 bits per heavy atom. The van der Waals surface area contributed by atoms with Gasteiger partial charge in [0.1, 0.15) is 0 Å². The first-order chi connectivity index (χ1) is 18.4. The van der Waals surface area contributed by atoms with Gasteiger partial charge in [-0.25, -0.2) is 0 Å². The van der Waals surface area contributed by atoms with E-state index >= 15 is 0 Å². The van der Waals surface area contributed by atoms with Gasteiger partial charge in [0.2, 0.25) is 11.1 Å². The zero-order valence-corrected chi connectivity index (χ0v) is 22.0. The lowest BCUT2D eigenvalue weighted by Gasteiger charge is -2.10. The van der Waals surface area contributed by atoms with Crippen LogP contribution in [0.2, 0.25) is 10.0 Å². The maximum Gasteiger partial charge on any atom is 0.307 e. The Balaban J connectivity index is 1.25. The maximum absolute atomic E-state index is 12.7. The fourth-order valence-corrected chi connectivity index (χ4v) is 5.05. The molecule has 11 heteroatoms. The number of aliphatic carboxylic acids is 1. The monoisotopic (exact) mass is 563 g/mol. The molecule has 0 spiro atoms. The highest BCUT2D eigenvalue weighted by Gasteiger charge is 2.16. The van der Waals surface area contributed by atoms with Crippen LogP contribution in [0.1, 0.15) is 5.56 Å². The molecule has 5 aromatic rings. The van der Waals surface area contributed by atoms with E-state index in [1.165, 1.54) is 16.4 Å². The summed E-state index contributed by atoms with van der Waals surface area (Å²) in [5.41, 5.74) is 3.53. The Labute approximate surface area is 231 Å². The predicted molar refractivity (Wildman–Crippen MR) is 149 cm³/mol. The summed E-state index contributed by atoms with van der Waals surface area (Å²) in [5.74, 6) is -1.11. The van der Waals surface area contributed by atoms with Crippen LogP contribution in [0.15, 0.2) is 84.0 Å². The average Bonchev–Trinajstić information content (AvgIpc) is 3.37. The van der Waals surface area contributed by atoms with Crippen LogP contribution in [0, 0.1) is 0 Å². The third-order valence-electron chi connectivity index (χ3n) is 5.70. The number of rotatable bonds is 8. The molecule has 190 valence electrons. The number of amides is 1. The summed E-state index contributed by atoms with van der Waals surface area (Å²) in [6.07, 6.45) is -0.0360. The van der Waals surface area contributed by atoms with Crippen LogP contribution >= 0.6 is 35.0 Å². The van der Waals surface area contributed by atoms with Crippen molar-refractivity contribution in [1.29, 1.82) is 0 Å². The minimum atomic E-state index is -0.881. The van der Waals surface area contributed by atoms with Crippen LogP contribution in [0.5, 0.6) is 0 Å². The number of hydrogen-bond donors (Lipinski definition) is 2. The molecular weight excluding hydrogens is 545 g/mol. The molecule has 0 fully saturated rings. The number of tetrazole rings is 1. The Bertz CT molecular complexity index is 1660. The molecule has 0 aliphatic heterocycles. The number of anilines is 1. The number of hydrogen-bond acceptors (Lipinski definition) is 6. The van der Waals surface area contributed by atoms with Crippen molar-refractivity contribution in [2.45, 2.75) is 11.6 Å². The Morgan fingerprint density at radius 3 is 2.32 bits per heavy atom. The standard InChI is InChI=1S/C27H19Cl2N5O3S/c28-21-12-20(17-7-5-16(6-8-17)11-26(36)37)9-10-23(21)30-25(35)15-38-27-31-32-33-34(27)24-14-19-4-2-1-3-18(19)13-22(24)29/h1-10,12-14H,11,15H2,(H,30,35)(H,36,37). The summed E-state index contributed by atoms with van der Waals surface area (Å²) < 4.78 is 1.51. The third-order valence-corrected chi connectivity index (χ3v) is 7.24. The molecule has 38 heavy (non-hydrogen) atoms. The fourth-order valence-electron chi connectivity index (χ4n) is 3.89. The molecule has 0 atom stereocenters. The summed E-state index contributed by atoms with van der Waals surface area (Å²) in [6, 6.07) is 24.1. The van der Waals surface area contributed by atoms with Crippen molar-refractivity contribution < 1.29 is 14.7 Å². The van der Waals surface area contributed by atoms with E-state index in [0.29, 0.717) is 32.1 Å². The van der Waals surface area contributed by atoms with Gasteiger partial charge < -0.3 is 10.4 Å². The van der Waals surface area contributed by atoms with E-state index in [2.05, 4.69) is 20.8 Å². The molecule has 1 aromatic heterocycles. The number of nitrogens with one attached hydrogen (secondary N) is 1. The van der Waals surface area contributed by atoms with Gasteiger partial charge in [0.25, 0.3) is 0 Å². The molecular formula is C27H19Cl2N5O3S. The number of carboxylic acids is 1. The Morgan fingerprint density at radius 2 is 1.61 bits per heavy atom. The van der Waals surface area contributed by atoms with Crippen molar-refractivity contribution in [1.82, 2.24) is 20.2 Å². The quantitative estimate of drug-likeness (QED) is 0.218. The lowest BCUT2D eigenvalue weighted by molar-refractivity contribution is -0.136. The number of halogens is 2. The number of benzene rings is 4. The number of aromatic nitrogens is 4. The molecule has 2 N–H and O–H groups in total. The first-order valence-electron chi connectivity index (χ1n) is 11.4. The molecule has 0 saturated carbocycles. The van der Waals surface area contributed by atoms with Crippen molar-refractivity contribution in [3.8, 4) is 16.8 Å². The zero-order chi connectivity index (χ0) is 26.6. The van der Waals surface area contributed by atoms with Crippen molar-refractivity contribution >= 4 is 63.3 Å². The smallest absolute Gasteiger partial charge is 0.307 e. The minimum absolute atomic E-state index is 0.0360. The maximum atomic E-state index is 12.7. The van der Waals surface area contributed by atoms with Crippen molar-refractivity contribution in [2.24, 2.45) is 0 Å². The molecule has 0 aliphatic carbocycles. The van der Waals surface area contributed by atoms with E-state index < -0.39 is 5.97 Å². The lowest BCUT2D eigenvalue weighted by Crippen LogP contribution is -2.15. The van der Waals surface area contributed by atoms with Gasteiger partial charge in [-0.1, -0.05) is 89.6 Å². The van der Waals surface area contributed by atoms with E-state index in [0.717, 1.165) is 21.9 Å². The molecule has 8 nitrogen and oxygen atoms in total. The first-order valence-corrected chi connectivity index (χ1v) is 13.1. The lowest BCUT2D eigenvalue weighted by atomic mass is 10.0. The molecule has 0 radical (unpaired) electrons. The van der Waals surface area contributed by atoms with Crippen LogP contribution in [0.3, 0.4) is 0 Å². The highest BCUT2D eigenvalue weighted by molar-refractivity contribution is 7.99. The Hall–Kier alpha value is -3.92. The SMILES string of the molecule is O=C(O)Cc1ccc(-c2ccc(NC(=O)CSc3nnnn3-c3cc4ccccc4cc3Cl)c(Cl)c2)cc1.